The Labute approximate surface area is 150 Å². The highest BCUT2D eigenvalue weighted by atomic mass is 16.1. The molecule has 3 aromatic rings. The molecular formula is C24H24O. The van der Waals surface area contributed by atoms with Gasteiger partial charge in [0.05, 0.1) is 0 Å². The molecule has 0 radical (unpaired) electrons. The molecule has 0 saturated carbocycles. The summed E-state index contributed by atoms with van der Waals surface area (Å²) in [6, 6.07) is 22.2. The van der Waals surface area contributed by atoms with E-state index in [4.69, 9.17) is 0 Å². The molecule has 3 rings (SSSR count). The lowest BCUT2D eigenvalue weighted by Crippen LogP contribution is -2.03. The van der Waals surface area contributed by atoms with Gasteiger partial charge in [0.1, 0.15) is 0 Å². The van der Waals surface area contributed by atoms with Gasteiger partial charge in [-0.25, -0.2) is 0 Å². The SMILES string of the molecule is Cc1ccc(CCc2ccc(C(=O)c3ccccc3)cc2C)cc1C. The van der Waals surface area contributed by atoms with Crippen LogP contribution >= 0.6 is 0 Å². The summed E-state index contributed by atoms with van der Waals surface area (Å²) in [6.45, 7) is 6.40. The average Bonchev–Trinajstić information content (AvgIpc) is 2.63. The number of carbonyl (C=O) groups is 1. The van der Waals surface area contributed by atoms with E-state index >= 15 is 0 Å². The first-order valence-corrected chi connectivity index (χ1v) is 8.80. The van der Waals surface area contributed by atoms with Gasteiger partial charge in [0.25, 0.3) is 0 Å². The van der Waals surface area contributed by atoms with Gasteiger partial charge in [-0.1, -0.05) is 60.7 Å². The monoisotopic (exact) mass is 328 g/mol. The van der Waals surface area contributed by atoms with Crippen LogP contribution in [-0.2, 0) is 12.8 Å². The van der Waals surface area contributed by atoms with Gasteiger partial charge in [-0.15, -0.1) is 0 Å². The summed E-state index contributed by atoms with van der Waals surface area (Å²) in [5, 5.41) is 0. The topological polar surface area (TPSA) is 17.1 Å². The van der Waals surface area contributed by atoms with E-state index in [-0.39, 0.29) is 5.78 Å². The summed E-state index contributed by atoms with van der Waals surface area (Å²) in [5.41, 5.74) is 8.05. The number of hydrogen-bond donors (Lipinski definition) is 0. The number of rotatable bonds is 5. The maximum Gasteiger partial charge on any atom is 0.193 e. The van der Waals surface area contributed by atoms with Crippen molar-refractivity contribution < 1.29 is 4.79 Å². The minimum Gasteiger partial charge on any atom is -0.289 e. The van der Waals surface area contributed by atoms with Crippen LogP contribution in [0.25, 0.3) is 0 Å². The molecule has 0 atom stereocenters. The Kier molecular flexibility index (Phi) is 5.14. The smallest absolute Gasteiger partial charge is 0.193 e. The third-order valence-corrected chi connectivity index (χ3v) is 4.90. The second kappa shape index (κ2) is 7.48. The molecule has 0 heterocycles. The van der Waals surface area contributed by atoms with Crippen LogP contribution in [-0.4, -0.2) is 5.78 Å². The van der Waals surface area contributed by atoms with Crippen molar-refractivity contribution in [1.82, 2.24) is 0 Å². The van der Waals surface area contributed by atoms with Crippen molar-refractivity contribution in [2.75, 3.05) is 0 Å². The Balaban J connectivity index is 1.73. The summed E-state index contributed by atoms with van der Waals surface area (Å²) in [6.07, 6.45) is 2.02. The van der Waals surface area contributed by atoms with Gasteiger partial charge < -0.3 is 0 Å². The minimum absolute atomic E-state index is 0.0874. The van der Waals surface area contributed by atoms with Crippen LogP contribution in [0, 0.1) is 20.8 Å². The summed E-state index contributed by atoms with van der Waals surface area (Å²) in [7, 11) is 0. The lowest BCUT2D eigenvalue weighted by Gasteiger charge is -2.10. The van der Waals surface area contributed by atoms with Crippen LogP contribution in [0.4, 0.5) is 0 Å². The van der Waals surface area contributed by atoms with Crippen molar-refractivity contribution in [3.63, 3.8) is 0 Å². The van der Waals surface area contributed by atoms with E-state index in [9.17, 15) is 4.79 Å². The summed E-state index contributed by atoms with van der Waals surface area (Å²) in [4.78, 5) is 12.6. The highest BCUT2D eigenvalue weighted by Gasteiger charge is 2.10. The Hall–Kier alpha value is -2.67. The quantitative estimate of drug-likeness (QED) is 0.555. The predicted octanol–water partition coefficient (Wildman–Crippen LogP) is 5.63. The van der Waals surface area contributed by atoms with Crippen molar-refractivity contribution in [3.05, 3.63) is 106 Å². The van der Waals surface area contributed by atoms with Crippen molar-refractivity contribution in [1.29, 1.82) is 0 Å². The Morgan fingerprint density at radius 1 is 0.680 bits per heavy atom. The maximum atomic E-state index is 12.6. The summed E-state index contributed by atoms with van der Waals surface area (Å²) < 4.78 is 0. The van der Waals surface area contributed by atoms with Crippen molar-refractivity contribution >= 4 is 5.78 Å². The second-order valence-corrected chi connectivity index (χ2v) is 6.76. The first kappa shape index (κ1) is 17.2. The molecule has 0 unspecified atom stereocenters. The lowest BCUT2D eigenvalue weighted by atomic mass is 9.95. The predicted molar refractivity (Wildman–Crippen MR) is 104 cm³/mol. The van der Waals surface area contributed by atoms with E-state index in [1.165, 1.54) is 27.8 Å². The van der Waals surface area contributed by atoms with Crippen LogP contribution in [0.1, 0.15) is 43.7 Å². The highest BCUT2D eigenvalue weighted by Crippen LogP contribution is 2.18. The van der Waals surface area contributed by atoms with Crippen LogP contribution in [0.5, 0.6) is 0 Å². The van der Waals surface area contributed by atoms with Crippen LogP contribution in [0.3, 0.4) is 0 Å². The first-order valence-electron chi connectivity index (χ1n) is 8.80. The zero-order valence-electron chi connectivity index (χ0n) is 15.2. The standard InChI is InChI=1S/C24H24O/c1-17-9-10-20(15-18(17)2)11-12-21-13-14-23(16-19(21)3)24(25)22-7-5-4-6-8-22/h4-10,13-16H,11-12H2,1-3H3. The van der Waals surface area contributed by atoms with Gasteiger partial charge in [0, 0.05) is 11.1 Å². The highest BCUT2D eigenvalue weighted by molar-refractivity contribution is 6.09. The molecule has 0 aliphatic rings. The molecule has 0 aliphatic carbocycles. The van der Waals surface area contributed by atoms with Gasteiger partial charge in [0.2, 0.25) is 0 Å². The molecule has 0 aromatic heterocycles. The van der Waals surface area contributed by atoms with E-state index in [0.29, 0.717) is 0 Å². The van der Waals surface area contributed by atoms with Crippen molar-refractivity contribution in [3.8, 4) is 0 Å². The van der Waals surface area contributed by atoms with Crippen LogP contribution in [0.2, 0.25) is 0 Å². The van der Waals surface area contributed by atoms with E-state index in [1.807, 2.05) is 42.5 Å². The fraction of sp³-hybridized carbons (Fsp3) is 0.208. The molecule has 0 spiro atoms. The molecular weight excluding hydrogens is 304 g/mol. The minimum atomic E-state index is 0.0874. The van der Waals surface area contributed by atoms with E-state index in [1.54, 1.807) is 0 Å². The number of carbonyl (C=O) groups excluding carboxylic acids is 1. The van der Waals surface area contributed by atoms with E-state index < -0.39 is 0 Å². The summed E-state index contributed by atoms with van der Waals surface area (Å²) in [5.74, 6) is 0.0874. The molecule has 25 heavy (non-hydrogen) atoms. The lowest BCUT2D eigenvalue weighted by molar-refractivity contribution is 0.103. The first-order chi connectivity index (χ1) is 12.0. The van der Waals surface area contributed by atoms with Crippen LogP contribution in [0.15, 0.2) is 66.7 Å². The Bertz CT molecular complexity index is 891. The third-order valence-electron chi connectivity index (χ3n) is 4.90. The van der Waals surface area contributed by atoms with Crippen LogP contribution < -0.4 is 0 Å². The molecule has 126 valence electrons. The molecule has 0 aliphatic heterocycles. The fourth-order valence-electron chi connectivity index (χ4n) is 3.11. The zero-order chi connectivity index (χ0) is 17.8. The normalized spacial score (nSPS) is 10.7. The van der Waals surface area contributed by atoms with Crippen molar-refractivity contribution in [2.24, 2.45) is 0 Å². The van der Waals surface area contributed by atoms with E-state index in [0.717, 1.165) is 24.0 Å². The average molecular weight is 328 g/mol. The zero-order valence-corrected chi connectivity index (χ0v) is 15.2. The molecule has 1 nitrogen and oxygen atoms in total. The number of ketones is 1. The van der Waals surface area contributed by atoms with Gasteiger partial charge in [-0.3, -0.25) is 4.79 Å². The molecule has 0 N–H and O–H groups in total. The third kappa shape index (κ3) is 4.06. The van der Waals surface area contributed by atoms with Crippen molar-refractivity contribution in [2.45, 2.75) is 33.6 Å². The molecule has 3 aromatic carbocycles. The van der Waals surface area contributed by atoms with Gasteiger partial charge in [-0.05, 0) is 67.5 Å². The number of benzene rings is 3. The summed E-state index contributed by atoms with van der Waals surface area (Å²) >= 11 is 0. The maximum absolute atomic E-state index is 12.6. The Morgan fingerprint density at radius 3 is 2.12 bits per heavy atom. The largest absolute Gasteiger partial charge is 0.289 e. The number of hydrogen-bond acceptors (Lipinski definition) is 1. The van der Waals surface area contributed by atoms with Gasteiger partial charge in [0.15, 0.2) is 5.78 Å². The molecule has 0 bridgehead atoms. The second-order valence-electron chi connectivity index (χ2n) is 6.76. The molecule has 1 heteroatoms. The number of aryl methyl sites for hydroxylation is 5. The molecule has 0 fully saturated rings. The molecule has 0 amide bonds. The van der Waals surface area contributed by atoms with Gasteiger partial charge >= 0.3 is 0 Å². The fourth-order valence-corrected chi connectivity index (χ4v) is 3.11. The van der Waals surface area contributed by atoms with E-state index in [2.05, 4.69) is 45.0 Å². The molecule has 0 saturated heterocycles. The Morgan fingerprint density at radius 2 is 1.44 bits per heavy atom. The van der Waals surface area contributed by atoms with Gasteiger partial charge in [-0.2, -0.15) is 0 Å².